The van der Waals surface area contributed by atoms with Crippen LogP contribution in [0.3, 0.4) is 0 Å². The van der Waals surface area contributed by atoms with E-state index < -0.39 is 0 Å². The fourth-order valence-corrected chi connectivity index (χ4v) is 0.666. The second-order valence-corrected chi connectivity index (χ2v) is 2.60. The molecular formula is C15H13N. The summed E-state index contributed by atoms with van der Waals surface area (Å²) in [6, 6.07) is 0. The summed E-state index contributed by atoms with van der Waals surface area (Å²) in [7, 11) is 0. The van der Waals surface area contributed by atoms with E-state index in [0.29, 0.717) is 6.54 Å². The number of nitrogens with one attached hydrogen (secondary N) is 1. The van der Waals surface area contributed by atoms with Gasteiger partial charge in [-0.05, 0) is 67.3 Å². The first-order valence-electron chi connectivity index (χ1n) is 5.02. The predicted molar refractivity (Wildman–Crippen MR) is 67.7 cm³/mol. The Bertz CT molecular complexity index is 484. The maximum atomic E-state index is 3.15. The van der Waals surface area contributed by atoms with Gasteiger partial charge >= 0.3 is 0 Å². The van der Waals surface area contributed by atoms with E-state index >= 15 is 0 Å². The van der Waals surface area contributed by atoms with Gasteiger partial charge in [-0.2, -0.15) is 0 Å². The van der Waals surface area contributed by atoms with Gasteiger partial charge in [-0.25, -0.2) is 0 Å². The third-order valence-electron chi connectivity index (χ3n) is 1.29. The van der Waals surface area contributed by atoms with Crippen LogP contribution in [0.15, 0.2) is 0 Å². The standard InChI is InChI=1S/C15H13N/c1-3-5-6-7-8-9-10-11-12-13-15-16-14-4-2/h16H,4,14-15H2,1-2H3. The van der Waals surface area contributed by atoms with Crippen molar-refractivity contribution in [1.29, 1.82) is 0 Å². The first kappa shape index (κ1) is 13.8. The molecule has 0 aromatic rings. The summed E-state index contributed by atoms with van der Waals surface area (Å²) in [5.74, 6) is 26.3. The van der Waals surface area contributed by atoms with Gasteiger partial charge in [0, 0.05) is 0 Å². The summed E-state index contributed by atoms with van der Waals surface area (Å²) in [4.78, 5) is 0. The van der Waals surface area contributed by atoms with Gasteiger partial charge in [0.15, 0.2) is 0 Å². The average Bonchev–Trinajstić information content (AvgIpc) is 2.31. The molecule has 0 fully saturated rings. The van der Waals surface area contributed by atoms with Crippen molar-refractivity contribution >= 4 is 0 Å². The first-order valence-corrected chi connectivity index (χ1v) is 5.02. The lowest BCUT2D eigenvalue weighted by Crippen LogP contribution is -2.14. The molecule has 0 aromatic carbocycles. The van der Waals surface area contributed by atoms with E-state index in [4.69, 9.17) is 0 Å². The summed E-state index contributed by atoms with van der Waals surface area (Å²) < 4.78 is 0. The SMILES string of the molecule is CC#CC#CC#CC#CC#CCNCCC. The van der Waals surface area contributed by atoms with E-state index in [-0.39, 0.29) is 0 Å². The highest BCUT2D eigenvalue weighted by Gasteiger charge is 1.75. The van der Waals surface area contributed by atoms with Crippen molar-refractivity contribution in [2.24, 2.45) is 0 Å². The molecule has 0 atom stereocenters. The molecule has 1 N–H and O–H groups in total. The smallest absolute Gasteiger partial charge is 0.0586 e. The molecule has 0 bridgehead atoms. The van der Waals surface area contributed by atoms with E-state index in [9.17, 15) is 0 Å². The highest BCUT2D eigenvalue weighted by atomic mass is 14.8. The Labute approximate surface area is 98.4 Å². The number of hydrogen-bond acceptors (Lipinski definition) is 1. The molecule has 0 aliphatic rings. The monoisotopic (exact) mass is 207 g/mol. The lowest BCUT2D eigenvalue weighted by Gasteiger charge is -1.91. The summed E-state index contributed by atoms with van der Waals surface area (Å²) >= 11 is 0. The van der Waals surface area contributed by atoms with E-state index in [1.165, 1.54) is 0 Å². The summed E-state index contributed by atoms with van der Waals surface area (Å²) in [6.45, 7) is 5.49. The van der Waals surface area contributed by atoms with Crippen molar-refractivity contribution in [3.63, 3.8) is 0 Å². The fourth-order valence-electron chi connectivity index (χ4n) is 0.666. The molecular weight excluding hydrogens is 194 g/mol. The molecule has 1 nitrogen and oxygen atoms in total. The zero-order valence-corrected chi connectivity index (χ0v) is 9.62. The summed E-state index contributed by atoms with van der Waals surface area (Å²) in [6.07, 6.45) is 1.11. The molecule has 0 rings (SSSR count). The van der Waals surface area contributed by atoms with Crippen LogP contribution in [0.2, 0.25) is 0 Å². The van der Waals surface area contributed by atoms with Crippen molar-refractivity contribution in [3.8, 4) is 59.2 Å². The molecule has 0 saturated heterocycles. The van der Waals surface area contributed by atoms with Gasteiger partial charge in [0.2, 0.25) is 0 Å². The third kappa shape index (κ3) is 11.8. The van der Waals surface area contributed by atoms with E-state index in [2.05, 4.69) is 71.4 Å². The second kappa shape index (κ2) is 12.8. The minimum Gasteiger partial charge on any atom is -0.306 e. The van der Waals surface area contributed by atoms with Crippen LogP contribution in [-0.2, 0) is 0 Å². The van der Waals surface area contributed by atoms with Crippen LogP contribution in [0.1, 0.15) is 20.3 Å². The molecule has 0 radical (unpaired) electrons. The molecule has 78 valence electrons. The van der Waals surface area contributed by atoms with Crippen molar-refractivity contribution in [1.82, 2.24) is 5.32 Å². The number of rotatable bonds is 3. The van der Waals surface area contributed by atoms with Crippen LogP contribution < -0.4 is 5.32 Å². The van der Waals surface area contributed by atoms with Crippen LogP contribution in [0, 0.1) is 59.2 Å². The summed E-state index contributed by atoms with van der Waals surface area (Å²) in [5.41, 5.74) is 0. The normalized spacial score (nSPS) is 5.88. The molecule has 0 amide bonds. The highest BCUT2D eigenvalue weighted by molar-refractivity contribution is 5.42. The van der Waals surface area contributed by atoms with Crippen LogP contribution in [0.25, 0.3) is 0 Å². The minimum atomic E-state index is 0.668. The Morgan fingerprint density at radius 1 is 0.812 bits per heavy atom. The second-order valence-electron chi connectivity index (χ2n) is 2.60. The van der Waals surface area contributed by atoms with Gasteiger partial charge in [0.05, 0.1) is 6.54 Å². The van der Waals surface area contributed by atoms with Crippen LogP contribution in [0.4, 0.5) is 0 Å². The van der Waals surface area contributed by atoms with E-state index in [0.717, 1.165) is 13.0 Å². The third-order valence-corrected chi connectivity index (χ3v) is 1.29. The zero-order valence-electron chi connectivity index (χ0n) is 9.62. The van der Waals surface area contributed by atoms with E-state index in [1.807, 2.05) is 0 Å². The average molecular weight is 207 g/mol. The molecule has 1 heteroatoms. The predicted octanol–water partition coefficient (Wildman–Crippen LogP) is 1.02. The summed E-state index contributed by atoms with van der Waals surface area (Å²) in [5, 5.41) is 3.15. The molecule has 16 heavy (non-hydrogen) atoms. The quantitative estimate of drug-likeness (QED) is 0.538. The molecule has 0 unspecified atom stereocenters. The van der Waals surface area contributed by atoms with Gasteiger partial charge in [0.25, 0.3) is 0 Å². The Balaban J connectivity index is 3.84. The lowest BCUT2D eigenvalue weighted by atomic mass is 10.4. The minimum absolute atomic E-state index is 0.668. The first-order chi connectivity index (χ1) is 7.91. The largest absolute Gasteiger partial charge is 0.306 e. The Kier molecular flexibility index (Phi) is 11.0. The molecule has 0 aliphatic heterocycles. The van der Waals surface area contributed by atoms with Gasteiger partial charge in [0.1, 0.15) is 0 Å². The lowest BCUT2D eigenvalue weighted by molar-refractivity contribution is 0.737. The van der Waals surface area contributed by atoms with Gasteiger partial charge in [-0.15, -0.1) is 0 Å². The zero-order chi connectivity index (χ0) is 11.9. The van der Waals surface area contributed by atoms with E-state index in [1.54, 1.807) is 6.92 Å². The molecule has 0 aromatic heterocycles. The topological polar surface area (TPSA) is 12.0 Å². The van der Waals surface area contributed by atoms with Crippen LogP contribution >= 0.6 is 0 Å². The van der Waals surface area contributed by atoms with Crippen LogP contribution in [-0.4, -0.2) is 13.1 Å². The van der Waals surface area contributed by atoms with Gasteiger partial charge in [-0.1, -0.05) is 18.8 Å². The number of hydrogen-bond donors (Lipinski definition) is 1. The highest BCUT2D eigenvalue weighted by Crippen LogP contribution is 1.67. The van der Waals surface area contributed by atoms with Crippen molar-refractivity contribution in [3.05, 3.63) is 0 Å². The van der Waals surface area contributed by atoms with Gasteiger partial charge < -0.3 is 5.32 Å². The Hall–Kier alpha value is -2.24. The van der Waals surface area contributed by atoms with Crippen molar-refractivity contribution in [2.75, 3.05) is 13.1 Å². The van der Waals surface area contributed by atoms with Gasteiger partial charge in [-0.3, -0.25) is 0 Å². The Morgan fingerprint density at radius 2 is 1.38 bits per heavy atom. The molecule has 0 saturated carbocycles. The maximum absolute atomic E-state index is 3.15. The molecule has 0 heterocycles. The van der Waals surface area contributed by atoms with Crippen molar-refractivity contribution in [2.45, 2.75) is 20.3 Å². The Morgan fingerprint density at radius 3 is 1.94 bits per heavy atom. The fraction of sp³-hybridized carbons (Fsp3) is 0.333. The van der Waals surface area contributed by atoms with Crippen LogP contribution in [0.5, 0.6) is 0 Å². The molecule has 0 aliphatic carbocycles. The van der Waals surface area contributed by atoms with Crippen molar-refractivity contribution < 1.29 is 0 Å². The molecule has 0 spiro atoms. The maximum Gasteiger partial charge on any atom is 0.0586 e.